The molecule has 3 heterocycles. The van der Waals surface area contributed by atoms with Gasteiger partial charge in [-0.25, -0.2) is 0 Å². The molecular weight excluding hydrogens is 400 g/mol. The second-order valence-corrected chi connectivity index (χ2v) is 11.2. The van der Waals surface area contributed by atoms with Crippen LogP contribution in [0.3, 0.4) is 0 Å². The van der Waals surface area contributed by atoms with E-state index in [0.717, 1.165) is 37.7 Å². The van der Waals surface area contributed by atoms with E-state index in [0.29, 0.717) is 5.92 Å². The number of rotatable bonds is 2. The molecule has 0 amide bonds. The molecule has 1 saturated heterocycles. The predicted octanol–water partition coefficient (Wildman–Crippen LogP) is 3.50. The maximum absolute atomic E-state index is 11.1. The van der Waals surface area contributed by atoms with Crippen LogP contribution in [0.2, 0.25) is 0 Å². The standard InChI is InChI=1S/C27H34N2O3/c1-16-14-25(2)18(17-7-11-28-12-8-17)5-6-22(25)27-10-9-26(32-27)15-21(29(3)4)24(31)23(30)20(26)13-19(16)27/h5,7-8,11-13,21-24,30-31H,6,9-10,14-15H2,1-4H3. The summed E-state index contributed by atoms with van der Waals surface area (Å²) in [5.74, 6) is 0.371. The summed E-state index contributed by atoms with van der Waals surface area (Å²) in [7, 11) is 3.96. The van der Waals surface area contributed by atoms with Crippen molar-refractivity contribution >= 4 is 5.57 Å². The van der Waals surface area contributed by atoms with E-state index in [4.69, 9.17) is 4.74 Å². The third-order valence-electron chi connectivity index (χ3n) is 9.39. The fourth-order valence-corrected chi connectivity index (χ4v) is 7.98. The lowest BCUT2D eigenvalue weighted by molar-refractivity contribution is -0.162. The number of hydrogen-bond acceptors (Lipinski definition) is 5. The first-order valence-corrected chi connectivity index (χ1v) is 12.0. The number of allylic oxidation sites excluding steroid dienone is 3. The average molecular weight is 435 g/mol. The largest absolute Gasteiger partial charge is 0.388 e. The maximum Gasteiger partial charge on any atom is 0.105 e. The van der Waals surface area contributed by atoms with Crippen LogP contribution in [-0.2, 0) is 4.74 Å². The highest BCUT2D eigenvalue weighted by molar-refractivity contribution is 5.74. The second kappa shape index (κ2) is 6.63. The molecule has 5 aliphatic rings. The molecule has 2 spiro atoms. The topological polar surface area (TPSA) is 65.8 Å². The van der Waals surface area contributed by atoms with E-state index in [-0.39, 0.29) is 17.1 Å². The van der Waals surface area contributed by atoms with Crippen LogP contribution >= 0.6 is 0 Å². The molecule has 3 aliphatic carbocycles. The molecule has 2 N–H and O–H groups in total. The van der Waals surface area contributed by atoms with Gasteiger partial charge in [-0.15, -0.1) is 0 Å². The van der Waals surface area contributed by atoms with Crippen LogP contribution < -0.4 is 0 Å². The van der Waals surface area contributed by atoms with Crippen LogP contribution in [0, 0.1) is 11.3 Å². The van der Waals surface area contributed by atoms with E-state index in [9.17, 15) is 10.2 Å². The summed E-state index contributed by atoms with van der Waals surface area (Å²) in [4.78, 5) is 6.26. The molecule has 6 rings (SSSR count). The Hall–Kier alpha value is -1.79. The van der Waals surface area contributed by atoms with Gasteiger partial charge in [-0.3, -0.25) is 4.98 Å². The minimum atomic E-state index is -0.880. The molecule has 0 radical (unpaired) electrons. The zero-order chi connectivity index (χ0) is 22.5. The van der Waals surface area contributed by atoms with E-state index < -0.39 is 17.8 Å². The number of nitrogens with zero attached hydrogens (tertiary/aromatic N) is 2. The maximum atomic E-state index is 11.1. The highest BCUT2D eigenvalue weighted by Crippen LogP contribution is 2.68. The molecule has 1 aromatic heterocycles. The third kappa shape index (κ3) is 2.46. The van der Waals surface area contributed by atoms with Crippen molar-refractivity contribution in [3.05, 3.63) is 59.0 Å². The van der Waals surface area contributed by atoms with Crippen LogP contribution in [0.4, 0.5) is 0 Å². The van der Waals surface area contributed by atoms with Gasteiger partial charge in [-0.1, -0.05) is 24.6 Å². The molecular formula is C27H34N2O3. The molecule has 32 heavy (non-hydrogen) atoms. The van der Waals surface area contributed by atoms with E-state index in [1.807, 2.05) is 31.4 Å². The summed E-state index contributed by atoms with van der Waals surface area (Å²) >= 11 is 0. The fraction of sp³-hybridized carbons (Fsp3) is 0.593. The Morgan fingerprint density at radius 3 is 2.62 bits per heavy atom. The van der Waals surface area contributed by atoms with Crippen LogP contribution in [-0.4, -0.2) is 63.6 Å². The first kappa shape index (κ1) is 20.8. The van der Waals surface area contributed by atoms with Gasteiger partial charge in [0, 0.05) is 29.8 Å². The Bertz CT molecular complexity index is 1060. The third-order valence-corrected chi connectivity index (χ3v) is 9.39. The molecule has 7 atom stereocenters. The van der Waals surface area contributed by atoms with Crippen LogP contribution in [0.5, 0.6) is 0 Å². The lowest BCUT2D eigenvalue weighted by Crippen LogP contribution is -2.62. The molecule has 170 valence electrons. The van der Waals surface area contributed by atoms with Crippen molar-refractivity contribution < 1.29 is 14.9 Å². The quantitative estimate of drug-likeness (QED) is 0.746. The molecule has 5 heteroatoms. The Labute approximate surface area is 190 Å². The van der Waals surface area contributed by atoms with Crippen molar-refractivity contribution in [1.29, 1.82) is 0 Å². The number of likely N-dealkylation sites (N-methyl/N-ethyl adjacent to an activating group) is 1. The molecule has 2 aliphatic heterocycles. The van der Waals surface area contributed by atoms with Gasteiger partial charge < -0.3 is 19.8 Å². The van der Waals surface area contributed by atoms with E-state index in [2.05, 4.69) is 43.1 Å². The van der Waals surface area contributed by atoms with E-state index >= 15 is 0 Å². The van der Waals surface area contributed by atoms with E-state index in [1.165, 1.54) is 22.3 Å². The van der Waals surface area contributed by atoms with Crippen LogP contribution in [0.1, 0.15) is 51.5 Å². The number of pyridine rings is 1. The molecule has 2 fully saturated rings. The number of aliphatic hydroxyl groups excluding tert-OH is 2. The molecule has 5 nitrogen and oxygen atoms in total. The minimum absolute atomic E-state index is 0.0134. The monoisotopic (exact) mass is 434 g/mol. The summed E-state index contributed by atoms with van der Waals surface area (Å²) in [6.45, 7) is 4.66. The number of aromatic nitrogens is 1. The normalized spacial score (nSPS) is 44.7. The number of aliphatic hydroxyl groups is 2. The van der Waals surface area contributed by atoms with Gasteiger partial charge in [0.15, 0.2) is 0 Å². The zero-order valence-electron chi connectivity index (χ0n) is 19.5. The fourth-order valence-electron chi connectivity index (χ4n) is 7.98. The number of hydrogen-bond donors (Lipinski definition) is 2. The van der Waals surface area contributed by atoms with Gasteiger partial charge in [0.1, 0.15) is 6.10 Å². The van der Waals surface area contributed by atoms with Crippen molar-refractivity contribution in [3.63, 3.8) is 0 Å². The summed E-state index contributed by atoms with van der Waals surface area (Å²) in [5, 5.41) is 22.0. The Morgan fingerprint density at radius 2 is 1.91 bits per heavy atom. The smallest absolute Gasteiger partial charge is 0.105 e. The van der Waals surface area contributed by atoms with Gasteiger partial charge in [0.05, 0.1) is 17.3 Å². The lowest BCUT2D eigenvalue weighted by atomic mass is 9.56. The SMILES string of the molecule is CC1=C2C=C3C(O)C(O)C(N(C)C)CC34CCC2(O4)C2CC=C(c3ccncc3)C2(C)C1. The van der Waals surface area contributed by atoms with Crippen LogP contribution in [0.25, 0.3) is 5.57 Å². The van der Waals surface area contributed by atoms with Gasteiger partial charge in [-0.05, 0) is 87.5 Å². The minimum Gasteiger partial charge on any atom is -0.388 e. The van der Waals surface area contributed by atoms with Crippen molar-refractivity contribution in [2.45, 2.75) is 75.4 Å². The summed E-state index contributed by atoms with van der Waals surface area (Å²) < 4.78 is 7.24. The summed E-state index contributed by atoms with van der Waals surface area (Å²) in [6, 6.07) is 4.14. The molecule has 0 aromatic carbocycles. The Kier molecular flexibility index (Phi) is 4.31. The zero-order valence-corrected chi connectivity index (χ0v) is 19.5. The number of fused-ring (bicyclic) bond motifs is 1. The predicted molar refractivity (Wildman–Crippen MR) is 124 cm³/mol. The van der Waals surface area contributed by atoms with Crippen molar-refractivity contribution in [2.24, 2.45) is 11.3 Å². The molecule has 1 saturated carbocycles. The van der Waals surface area contributed by atoms with Gasteiger partial charge in [0.2, 0.25) is 0 Å². The van der Waals surface area contributed by atoms with E-state index in [1.54, 1.807) is 0 Å². The highest BCUT2D eigenvalue weighted by atomic mass is 16.5. The van der Waals surface area contributed by atoms with Crippen molar-refractivity contribution in [1.82, 2.24) is 9.88 Å². The van der Waals surface area contributed by atoms with Crippen molar-refractivity contribution in [2.75, 3.05) is 14.1 Å². The summed E-state index contributed by atoms with van der Waals surface area (Å²) in [6.07, 6.45) is 11.4. The Morgan fingerprint density at radius 1 is 1.16 bits per heavy atom. The van der Waals surface area contributed by atoms with Crippen molar-refractivity contribution in [3.8, 4) is 0 Å². The average Bonchev–Trinajstić information content (AvgIpc) is 3.26. The molecule has 1 aromatic rings. The Balaban J connectivity index is 1.47. The highest BCUT2D eigenvalue weighted by Gasteiger charge is 2.67. The number of ether oxygens (including phenoxy) is 1. The van der Waals surface area contributed by atoms with Gasteiger partial charge >= 0.3 is 0 Å². The lowest BCUT2D eigenvalue weighted by Gasteiger charge is -2.56. The first-order chi connectivity index (χ1) is 15.2. The van der Waals surface area contributed by atoms with Gasteiger partial charge in [0.25, 0.3) is 0 Å². The molecule has 2 bridgehead atoms. The van der Waals surface area contributed by atoms with Gasteiger partial charge in [-0.2, -0.15) is 0 Å². The second-order valence-electron chi connectivity index (χ2n) is 11.2. The van der Waals surface area contributed by atoms with Crippen LogP contribution in [0.15, 0.2) is 53.4 Å². The first-order valence-electron chi connectivity index (χ1n) is 12.0. The molecule has 7 unspecified atom stereocenters. The summed E-state index contributed by atoms with van der Waals surface area (Å²) in [5.41, 5.74) is 5.42.